The molecule has 2 nitrogen and oxygen atoms in total. The second kappa shape index (κ2) is 8.68. The van der Waals surface area contributed by atoms with Crippen LogP contribution in [0, 0.1) is 5.92 Å². The van der Waals surface area contributed by atoms with Gasteiger partial charge in [-0.15, -0.1) is 0 Å². The lowest BCUT2D eigenvalue weighted by Crippen LogP contribution is -2.29. The first-order valence-electron chi connectivity index (χ1n) is 7.53. The summed E-state index contributed by atoms with van der Waals surface area (Å²) in [6, 6.07) is 0. The van der Waals surface area contributed by atoms with E-state index in [0.29, 0.717) is 11.7 Å². The lowest BCUT2D eigenvalue weighted by Gasteiger charge is -2.23. The molecule has 1 unspecified atom stereocenters. The SMILES string of the molecule is CCCCN(CCCC)CCC1CCCC1=O. The first-order chi connectivity index (χ1) is 8.27. The summed E-state index contributed by atoms with van der Waals surface area (Å²) in [6.07, 6.45) is 9.35. The highest BCUT2D eigenvalue weighted by Crippen LogP contribution is 2.24. The van der Waals surface area contributed by atoms with Gasteiger partial charge in [0.1, 0.15) is 5.78 Å². The van der Waals surface area contributed by atoms with Crippen molar-refractivity contribution in [2.75, 3.05) is 19.6 Å². The van der Waals surface area contributed by atoms with Crippen molar-refractivity contribution in [3.63, 3.8) is 0 Å². The van der Waals surface area contributed by atoms with Gasteiger partial charge in [0.05, 0.1) is 0 Å². The Morgan fingerprint density at radius 3 is 2.24 bits per heavy atom. The number of rotatable bonds is 9. The van der Waals surface area contributed by atoms with Gasteiger partial charge in [0.15, 0.2) is 0 Å². The fraction of sp³-hybridized carbons (Fsp3) is 0.933. The van der Waals surface area contributed by atoms with Crippen LogP contribution in [0.1, 0.15) is 65.2 Å². The van der Waals surface area contributed by atoms with Crippen molar-refractivity contribution in [1.29, 1.82) is 0 Å². The van der Waals surface area contributed by atoms with Crippen LogP contribution in [-0.4, -0.2) is 30.3 Å². The molecule has 1 rings (SSSR count). The molecule has 17 heavy (non-hydrogen) atoms. The zero-order valence-electron chi connectivity index (χ0n) is 11.7. The van der Waals surface area contributed by atoms with E-state index >= 15 is 0 Å². The van der Waals surface area contributed by atoms with Crippen LogP contribution in [0.3, 0.4) is 0 Å². The van der Waals surface area contributed by atoms with Crippen molar-refractivity contribution in [2.24, 2.45) is 5.92 Å². The quantitative estimate of drug-likeness (QED) is 0.612. The Labute approximate surface area is 107 Å². The largest absolute Gasteiger partial charge is 0.303 e. The molecule has 1 aliphatic rings. The maximum absolute atomic E-state index is 11.6. The Hall–Kier alpha value is -0.370. The molecule has 0 radical (unpaired) electrons. The predicted molar refractivity (Wildman–Crippen MR) is 73.2 cm³/mol. The molecule has 0 amide bonds. The van der Waals surface area contributed by atoms with Crippen LogP contribution in [0.2, 0.25) is 0 Å². The average Bonchev–Trinajstić information content (AvgIpc) is 2.74. The summed E-state index contributed by atoms with van der Waals surface area (Å²) in [5.74, 6) is 0.914. The topological polar surface area (TPSA) is 20.3 Å². The van der Waals surface area contributed by atoms with Crippen molar-refractivity contribution < 1.29 is 4.79 Å². The first kappa shape index (κ1) is 14.7. The number of nitrogens with zero attached hydrogens (tertiary/aromatic N) is 1. The van der Waals surface area contributed by atoms with Crippen LogP contribution in [0.25, 0.3) is 0 Å². The van der Waals surface area contributed by atoms with E-state index in [2.05, 4.69) is 18.7 Å². The highest BCUT2D eigenvalue weighted by atomic mass is 16.1. The van der Waals surface area contributed by atoms with Crippen LogP contribution in [0.5, 0.6) is 0 Å². The van der Waals surface area contributed by atoms with Crippen molar-refractivity contribution in [3.8, 4) is 0 Å². The minimum absolute atomic E-state index is 0.390. The zero-order valence-corrected chi connectivity index (χ0v) is 11.7. The van der Waals surface area contributed by atoms with Gasteiger partial charge in [-0.2, -0.15) is 0 Å². The number of carbonyl (C=O) groups excluding carboxylic acids is 1. The Bertz CT molecular complexity index is 207. The van der Waals surface area contributed by atoms with Crippen LogP contribution in [-0.2, 0) is 4.79 Å². The lowest BCUT2D eigenvalue weighted by atomic mass is 10.0. The molecule has 0 aromatic rings. The fourth-order valence-electron chi connectivity index (χ4n) is 2.63. The van der Waals surface area contributed by atoms with Crippen molar-refractivity contribution in [3.05, 3.63) is 0 Å². The zero-order chi connectivity index (χ0) is 12.5. The molecule has 1 saturated carbocycles. The van der Waals surface area contributed by atoms with Crippen LogP contribution >= 0.6 is 0 Å². The smallest absolute Gasteiger partial charge is 0.136 e. The lowest BCUT2D eigenvalue weighted by molar-refractivity contribution is -0.120. The summed E-state index contributed by atoms with van der Waals surface area (Å²) < 4.78 is 0. The monoisotopic (exact) mass is 239 g/mol. The van der Waals surface area contributed by atoms with E-state index in [4.69, 9.17) is 0 Å². The summed E-state index contributed by atoms with van der Waals surface area (Å²) in [5.41, 5.74) is 0. The Morgan fingerprint density at radius 1 is 1.12 bits per heavy atom. The Balaban J connectivity index is 2.23. The fourth-order valence-corrected chi connectivity index (χ4v) is 2.63. The summed E-state index contributed by atoms with van der Waals surface area (Å²) in [7, 11) is 0. The maximum Gasteiger partial charge on any atom is 0.136 e. The molecule has 0 N–H and O–H groups in total. The molecule has 0 saturated heterocycles. The molecule has 0 aromatic carbocycles. The molecule has 2 heteroatoms. The van der Waals surface area contributed by atoms with Crippen LogP contribution in [0.15, 0.2) is 0 Å². The first-order valence-corrected chi connectivity index (χ1v) is 7.53. The van der Waals surface area contributed by atoms with Gasteiger partial charge in [-0.05, 0) is 51.7 Å². The summed E-state index contributed by atoms with van der Waals surface area (Å²) in [5, 5.41) is 0. The third-order valence-corrected chi connectivity index (χ3v) is 3.88. The van der Waals surface area contributed by atoms with Gasteiger partial charge in [-0.3, -0.25) is 4.79 Å². The van der Waals surface area contributed by atoms with Crippen molar-refractivity contribution >= 4 is 5.78 Å². The van der Waals surface area contributed by atoms with E-state index in [-0.39, 0.29) is 0 Å². The number of hydrogen-bond donors (Lipinski definition) is 0. The minimum atomic E-state index is 0.390. The Kier molecular flexibility index (Phi) is 7.50. The van der Waals surface area contributed by atoms with E-state index in [1.165, 1.54) is 38.8 Å². The van der Waals surface area contributed by atoms with Gasteiger partial charge in [0.2, 0.25) is 0 Å². The second-order valence-corrected chi connectivity index (χ2v) is 5.39. The molecule has 0 aromatic heterocycles. The predicted octanol–water partition coefficient (Wildman–Crippen LogP) is 3.65. The normalized spacial score (nSPS) is 20.4. The van der Waals surface area contributed by atoms with E-state index in [0.717, 1.165) is 32.2 Å². The average molecular weight is 239 g/mol. The van der Waals surface area contributed by atoms with E-state index in [1.807, 2.05) is 0 Å². The van der Waals surface area contributed by atoms with Gasteiger partial charge in [-0.25, -0.2) is 0 Å². The molecule has 1 aliphatic carbocycles. The molecule has 0 spiro atoms. The van der Waals surface area contributed by atoms with Crippen molar-refractivity contribution in [1.82, 2.24) is 4.90 Å². The van der Waals surface area contributed by atoms with Gasteiger partial charge < -0.3 is 4.90 Å². The molecule has 1 fully saturated rings. The van der Waals surface area contributed by atoms with E-state index < -0.39 is 0 Å². The molecular formula is C15H29NO. The van der Waals surface area contributed by atoms with Crippen LogP contribution < -0.4 is 0 Å². The maximum atomic E-state index is 11.6. The summed E-state index contributed by atoms with van der Waals surface area (Å²) in [6.45, 7) is 8.07. The number of carbonyl (C=O) groups is 1. The summed E-state index contributed by atoms with van der Waals surface area (Å²) >= 11 is 0. The number of unbranched alkanes of at least 4 members (excludes halogenated alkanes) is 2. The highest BCUT2D eigenvalue weighted by molar-refractivity contribution is 5.82. The number of Topliss-reactive ketones (excluding diaryl/α,β-unsaturated/α-hetero) is 1. The van der Waals surface area contributed by atoms with Gasteiger partial charge in [-0.1, -0.05) is 26.7 Å². The van der Waals surface area contributed by atoms with Crippen molar-refractivity contribution in [2.45, 2.75) is 65.2 Å². The number of hydrogen-bond acceptors (Lipinski definition) is 2. The molecule has 0 bridgehead atoms. The molecule has 1 atom stereocenters. The van der Waals surface area contributed by atoms with E-state index in [9.17, 15) is 4.79 Å². The molecule has 0 aliphatic heterocycles. The van der Waals surface area contributed by atoms with Gasteiger partial charge in [0, 0.05) is 12.3 Å². The molecule has 0 heterocycles. The van der Waals surface area contributed by atoms with Gasteiger partial charge in [0.25, 0.3) is 0 Å². The van der Waals surface area contributed by atoms with Gasteiger partial charge >= 0.3 is 0 Å². The Morgan fingerprint density at radius 2 is 1.76 bits per heavy atom. The molecular weight excluding hydrogens is 210 g/mol. The molecule has 100 valence electrons. The summed E-state index contributed by atoms with van der Waals surface area (Å²) in [4.78, 5) is 14.2. The highest BCUT2D eigenvalue weighted by Gasteiger charge is 2.24. The minimum Gasteiger partial charge on any atom is -0.303 e. The third-order valence-electron chi connectivity index (χ3n) is 3.88. The standard InChI is InChI=1S/C15H29NO/c1-3-5-11-16(12-6-4-2)13-10-14-8-7-9-15(14)17/h14H,3-13H2,1-2H3. The second-order valence-electron chi connectivity index (χ2n) is 5.39. The third kappa shape index (κ3) is 5.67. The van der Waals surface area contributed by atoms with E-state index in [1.54, 1.807) is 0 Å². The van der Waals surface area contributed by atoms with Crippen LogP contribution in [0.4, 0.5) is 0 Å². The number of ketones is 1.